The van der Waals surface area contributed by atoms with Gasteiger partial charge in [0.1, 0.15) is 11.3 Å². The molecule has 1 N–H and O–H groups in total. The average molecular weight is 540 g/mol. The lowest BCUT2D eigenvalue weighted by molar-refractivity contribution is 0.0827. The van der Waals surface area contributed by atoms with Crippen LogP contribution in [0, 0.1) is 5.82 Å². The van der Waals surface area contributed by atoms with Crippen LogP contribution in [0.1, 0.15) is 33.1 Å². The molecule has 1 aliphatic heterocycles. The van der Waals surface area contributed by atoms with Crippen molar-refractivity contribution >= 4 is 23.0 Å². The fourth-order valence-electron chi connectivity index (χ4n) is 5.21. The molecule has 0 radical (unpaired) electrons. The third-order valence-corrected chi connectivity index (χ3v) is 7.22. The third kappa shape index (κ3) is 4.08. The summed E-state index contributed by atoms with van der Waals surface area (Å²) in [6, 6.07) is 18.2. The minimum atomic E-state index is -0.709. The van der Waals surface area contributed by atoms with Crippen LogP contribution in [0.3, 0.4) is 0 Å². The van der Waals surface area contributed by atoms with Crippen molar-refractivity contribution < 1.29 is 18.7 Å². The number of benzene rings is 3. The molecule has 40 heavy (non-hydrogen) atoms. The fraction of sp³-hybridized carbons (Fsp3) is 0.200. The second-order valence-electron chi connectivity index (χ2n) is 9.94. The Labute approximate surface area is 228 Å². The van der Waals surface area contributed by atoms with E-state index < -0.39 is 23.2 Å². The molecule has 0 saturated heterocycles. The Hall–Kier alpha value is -4.99. The third-order valence-electron chi connectivity index (χ3n) is 7.22. The van der Waals surface area contributed by atoms with Gasteiger partial charge in [0.2, 0.25) is 11.7 Å². The first kappa shape index (κ1) is 25.3. The smallest absolute Gasteiger partial charge is 0.297 e. The van der Waals surface area contributed by atoms with Gasteiger partial charge >= 0.3 is 0 Å². The van der Waals surface area contributed by atoms with Crippen LogP contribution < -0.4 is 10.5 Å². The molecule has 0 fully saturated rings. The number of hydrogen-bond donors (Lipinski definition) is 1. The Kier molecular flexibility index (Phi) is 6.10. The van der Waals surface area contributed by atoms with Gasteiger partial charge in [-0.05, 0) is 47.9 Å². The lowest BCUT2D eigenvalue weighted by Gasteiger charge is -2.39. The van der Waals surface area contributed by atoms with E-state index in [1.807, 2.05) is 11.0 Å². The van der Waals surface area contributed by atoms with Gasteiger partial charge in [-0.3, -0.25) is 14.2 Å². The Bertz CT molecular complexity index is 1810. The largest absolute Gasteiger partial charge is 0.501 e. The van der Waals surface area contributed by atoms with Crippen LogP contribution in [-0.2, 0) is 13.5 Å². The summed E-state index contributed by atoms with van der Waals surface area (Å²) in [5.74, 6) is -1.02. The summed E-state index contributed by atoms with van der Waals surface area (Å²) >= 11 is 0. The van der Waals surface area contributed by atoms with Crippen LogP contribution in [-0.4, -0.2) is 51.1 Å². The van der Waals surface area contributed by atoms with E-state index in [0.29, 0.717) is 35.2 Å². The van der Waals surface area contributed by atoms with Gasteiger partial charge in [-0.2, -0.15) is 0 Å². The van der Waals surface area contributed by atoms with Crippen molar-refractivity contribution in [2.75, 3.05) is 25.5 Å². The number of para-hydroxylation sites is 2. The summed E-state index contributed by atoms with van der Waals surface area (Å²) < 4.78 is 22.4. The van der Waals surface area contributed by atoms with Crippen molar-refractivity contribution in [1.29, 1.82) is 0 Å². The number of amides is 1. The Balaban J connectivity index is 1.57. The first-order chi connectivity index (χ1) is 19.2. The maximum absolute atomic E-state index is 15.4. The quantitative estimate of drug-likeness (QED) is 0.363. The molecule has 202 valence electrons. The molecular weight excluding hydrogens is 513 g/mol. The van der Waals surface area contributed by atoms with Crippen LogP contribution in [0.2, 0.25) is 0 Å². The first-order valence-corrected chi connectivity index (χ1v) is 12.8. The number of halogens is 1. The van der Waals surface area contributed by atoms with Crippen molar-refractivity contribution in [3.8, 4) is 17.3 Å². The second kappa shape index (κ2) is 9.64. The molecule has 0 bridgehead atoms. The van der Waals surface area contributed by atoms with Crippen LogP contribution in [0.25, 0.3) is 22.7 Å². The number of fused-ring (bicyclic) bond motifs is 2. The summed E-state index contributed by atoms with van der Waals surface area (Å²) in [5, 5.41) is 10.8. The summed E-state index contributed by atoms with van der Waals surface area (Å²) in [4.78, 5) is 38.5. The van der Waals surface area contributed by atoms with Crippen LogP contribution in [0.4, 0.5) is 10.3 Å². The fourth-order valence-corrected chi connectivity index (χ4v) is 5.21. The lowest BCUT2D eigenvalue weighted by Crippen LogP contribution is -2.40. The van der Waals surface area contributed by atoms with E-state index in [-0.39, 0.29) is 23.4 Å². The van der Waals surface area contributed by atoms with Gasteiger partial charge in [0.15, 0.2) is 11.3 Å². The van der Waals surface area contributed by atoms with E-state index in [2.05, 4.69) is 9.97 Å². The normalized spacial score (nSPS) is 14.8. The molecule has 0 unspecified atom stereocenters. The molecule has 0 saturated carbocycles. The number of aromatic hydroxyl groups is 1. The molecule has 3 heterocycles. The van der Waals surface area contributed by atoms with Gasteiger partial charge < -0.3 is 19.3 Å². The molecular formula is C30H26FN5O4. The number of hydrogen-bond acceptors (Lipinski definition) is 7. The maximum atomic E-state index is 15.4. The molecule has 0 spiro atoms. The van der Waals surface area contributed by atoms with Crippen molar-refractivity contribution in [1.82, 2.24) is 19.4 Å². The minimum Gasteiger partial charge on any atom is -0.501 e. The van der Waals surface area contributed by atoms with E-state index in [1.54, 1.807) is 68.7 Å². The lowest BCUT2D eigenvalue weighted by atomic mass is 9.86. The zero-order valence-electron chi connectivity index (χ0n) is 22.1. The number of carbonyl (C=O) groups is 1. The van der Waals surface area contributed by atoms with Crippen LogP contribution in [0.15, 0.2) is 75.9 Å². The van der Waals surface area contributed by atoms with Gasteiger partial charge in [0.05, 0.1) is 6.04 Å². The van der Waals surface area contributed by atoms with Gasteiger partial charge in [-0.25, -0.2) is 14.4 Å². The Morgan fingerprint density at radius 2 is 1.80 bits per heavy atom. The molecule has 3 aromatic carbocycles. The van der Waals surface area contributed by atoms with Crippen LogP contribution >= 0.6 is 0 Å². The van der Waals surface area contributed by atoms with E-state index in [9.17, 15) is 14.7 Å². The van der Waals surface area contributed by atoms with Crippen molar-refractivity contribution in [3.63, 3.8) is 0 Å². The number of anilines is 1. The highest BCUT2D eigenvalue weighted by Crippen LogP contribution is 2.40. The number of carbonyl (C=O) groups excluding carboxylic acids is 1. The molecule has 1 aliphatic rings. The number of aromatic nitrogens is 3. The maximum Gasteiger partial charge on any atom is 0.297 e. The molecule has 5 aromatic rings. The summed E-state index contributed by atoms with van der Waals surface area (Å²) in [6.07, 6.45) is 0.561. The van der Waals surface area contributed by atoms with Crippen LogP contribution in [0.5, 0.6) is 5.75 Å². The number of rotatable bonds is 4. The molecule has 1 atom stereocenters. The molecule has 6 rings (SSSR count). The topological polar surface area (TPSA) is 105 Å². The predicted octanol–water partition coefficient (Wildman–Crippen LogP) is 4.29. The zero-order valence-corrected chi connectivity index (χ0v) is 22.1. The highest BCUT2D eigenvalue weighted by Gasteiger charge is 2.35. The molecule has 0 aliphatic carbocycles. The standard InChI is InChI=1S/C30H26FN5O4/c1-34(2)28(38)18-13-12-17-14-15-36(25(20(17)16-18)19-8-4-5-9-21(19)31)30-33-24(26(37)29(39)35(30)3)27-32-22-10-6-7-11-23(22)40-27/h4-13,16,25,37H,14-15H2,1-3H3/t25-/m1/s1. The van der Waals surface area contributed by atoms with E-state index in [4.69, 9.17) is 4.42 Å². The van der Waals surface area contributed by atoms with Crippen molar-refractivity contribution in [2.24, 2.45) is 7.05 Å². The van der Waals surface area contributed by atoms with Gasteiger partial charge in [0.25, 0.3) is 17.4 Å². The van der Waals surface area contributed by atoms with Crippen molar-refractivity contribution in [3.05, 3.63) is 105 Å². The van der Waals surface area contributed by atoms with E-state index >= 15 is 4.39 Å². The average Bonchev–Trinajstić information content (AvgIpc) is 3.39. The first-order valence-electron chi connectivity index (χ1n) is 12.8. The van der Waals surface area contributed by atoms with Crippen molar-refractivity contribution in [2.45, 2.75) is 12.5 Å². The van der Waals surface area contributed by atoms with E-state index in [1.165, 1.54) is 22.6 Å². The molecule has 9 nitrogen and oxygen atoms in total. The van der Waals surface area contributed by atoms with Gasteiger partial charge in [0, 0.05) is 38.8 Å². The monoisotopic (exact) mass is 539 g/mol. The number of nitrogens with zero attached hydrogens (tertiary/aromatic N) is 5. The zero-order chi connectivity index (χ0) is 28.1. The summed E-state index contributed by atoms with van der Waals surface area (Å²) in [5.41, 5.74) is 2.75. The minimum absolute atomic E-state index is 0.00336. The predicted molar refractivity (Wildman–Crippen MR) is 148 cm³/mol. The molecule has 1 amide bonds. The molecule has 2 aromatic heterocycles. The number of oxazole rings is 1. The summed E-state index contributed by atoms with van der Waals surface area (Å²) in [6.45, 7) is 0.394. The Morgan fingerprint density at radius 3 is 2.55 bits per heavy atom. The summed E-state index contributed by atoms with van der Waals surface area (Å²) in [7, 11) is 4.85. The van der Waals surface area contributed by atoms with Gasteiger partial charge in [-0.15, -0.1) is 0 Å². The van der Waals surface area contributed by atoms with E-state index in [0.717, 1.165) is 11.1 Å². The SMILES string of the molecule is CN(C)C(=O)c1ccc2c(c1)[C@@H](c1ccccc1F)N(c1nc(-c3nc4ccccc4o3)c(O)c(=O)n1C)CC2. The highest BCUT2D eigenvalue weighted by molar-refractivity contribution is 5.94. The second-order valence-corrected chi connectivity index (χ2v) is 9.94. The molecule has 10 heteroatoms. The highest BCUT2D eigenvalue weighted by atomic mass is 19.1. The Morgan fingerprint density at radius 1 is 1.05 bits per heavy atom. The van der Waals surface area contributed by atoms with Gasteiger partial charge in [-0.1, -0.05) is 36.4 Å².